The van der Waals surface area contributed by atoms with E-state index in [-0.39, 0.29) is 74.8 Å². The molecule has 12 atom stereocenters. The number of hydrogen-bond donors (Lipinski definition) is 20. The first-order valence-electron chi connectivity index (χ1n) is 35.8. The van der Waals surface area contributed by atoms with Crippen LogP contribution in [0, 0.1) is 23.7 Å². The van der Waals surface area contributed by atoms with E-state index >= 15 is 0 Å². The smallest absolute Gasteiger partial charge is 0.326 e. The lowest BCUT2D eigenvalue weighted by atomic mass is 9.96. The SMILES string of the molecule is CC[C@H](C)[C@H](NC(=O)[C@H](CCC(=O)O)NC(=O)C(C)(C)NC(=O)[C@@H](NOC(C)=O)C(C)C)C(=O)N[C@@H](CCC(N)=O)C(=O)N[C@@H](CC(C)C)C(=O)N[C@@H](CCSC)C(=O)N[C@@H](Cc1cnc[nH]1)C(=O)N[C@@H](CC(N)=O)C(=O)N[C@@H](CC(C)C)C(=O)NCC(=O)N[C@@H](CCCCN)C(=O)N[C@@H](Cc1cnc[nH]1)C(=O)O. The van der Waals surface area contributed by atoms with E-state index in [1.807, 2.05) is 0 Å². The Hall–Kier alpha value is -10.3. The van der Waals surface area contributed by atoms with Gasteiger partial charge in [0.05, 0.1) is 25.6 Å². The van der Waals surface area contributed by atoms with Crippen molar-refractivity contribution >= 4 is 112 Å². The fourth-order valence-corrected chi connectivity index (χ4v) is 11.1. The molecule has 2 rings (SSSR count). The van der Waals surface area contributed by atoms with E-state index < -0.39 is 223 Å². The van der Waals surface area contributed by atoms with Gasteiger partial charge in [-0.05, 0) is 107 Å². The minimum Gasteiger partial charge on any atom is -0.481 e. The Morgan fingerprint density at radius 3 is 1.48 bits per heavy atom. The fraction of sp³-hybridized carbons (Fsp3) is 0.662. The number of amides is 14. The number of carbonyl (C=O) groups excluding carboxylic acids is 15. The van der Waals surface area contributed by atoms with Crippen LogP contribution in [-0.2, 0) is 99.2 Å². The number of imidazole rings is 2. The van der Waals surface area contributed by atoms with Crippen molar-refractivity contribution in [3.63, 3.8) is 0 Å². The average molecular weight is 1560 g/mol. The minimum atomic E-state index is -1.82. The number of carboxylic acids is 2. The van der Waals surface area contributed by atoms with Crippen LogP contribution >= 0.6 is 11.8 Å². The number of hydrogen-bond acceptors (Lipinski definition) is 23. The summed E-state index contributed by atoms with van der Waals surface area (Å²) in [6, 6.07) is -16.5. The topological polar surface area (TPSA) is 632 Å². The van der Waals surface area contributed by atoms with Gasteiger partial charge < -0.3 is 106 Å². The molecule has 610 valence electrons. The number of carbonyl (C=O) groups is 17. The van der Waals surface area contributed by atoms with Gasteiger partial charge in [-0.2, -0.15) is 11.8 Å². The predicted octanol–water partition coefficient (Wildman–Crippen LogP) is -4.02. The summed E-state index contributed by atoms with van der Waals surface area (Å²) < 4.78 is 0. The van der Waals surface area contributed by atoms with Crippen molar-refractivity contribution in [1.29, 1.82) is 0 Å². The van der Waals surface area contributed by atoms with Crippen molar-refractivity contribution in [3.8, 4) is 0 Å². The van der Waals surface area contributed by atoms with Crippen molar-refractivity contribution in [3.05, 3.63) is 36.4 Å². The molecular weight excluding hydrogens is 1450 g/mol. The molecule has 0 unspecified atom stereocenters. The number of carboxylic acid groups (broad SMARTS) is 2. The second-order valence-corrected chi connectivity index (χ2v) is 29.0. The highest BCUT2D eigenvalue weighted by Crippen LogP contribution is 2.17. The summed E-state index contributed by atoms with van der Waals surface area (Å²) in [5.41, 5.74) is 18.0. The third-order valence-corrected chi connectivity index (χ3v) is 17.5. The number of hydroxylamine groups is 1. The van der Waals surface area contributed by atoms with Crippen LogP contribution in [0.4, 0.5) is 0 Å². The van der Waals surface area contributed by atoms with Crippen LogP contribution in [0.25, 0.3) is 0 Å². The Balaban J connectivity index is 2.47. The third kappa shape index (κ3) is 36.0. The normalized spacial score (nSPS) is 14.6. The van der Waals surface area contributed by atoms with E-state index in [1.165, 1.54) is 50.7 Å². The summed E-state index contributed by atoms with van der Waals surface area (Å²) in [6.07, 6.45) is 4.31. The number of nitrogens with two attached hydrogens (primary N) is 3. The molecule has 0 aliphatic rings. The van der Waals surface area contributed by atoms with Crippen molar-refractivity contribution in [2.24, 2.45) is 40.9 Å². The first-order valence-corrected chi connectivity index (χ1v) is 37.2. The van der Waals surface area contributed by atoms with Crippen LogP contribution in [0.2, 0.25) is 0 Å². The summed E-state index contributed by atoms with van der Waals surface area (Å²) in [6.45, 7) is 16.5. The van der Waals surface area contributed by atoms with Crippen LogP contribution in [0.1, 0.15) is 165 Å². The largest absolute Gasteiger partial charge is 0.481 e. The van der Waals surface area contributed by atoms with Gasteiger partial charge in [0.2, 0.25) is 82.7 Å². The number of nitrogens with zero attached hydrogens (tertiary/aromatic N) is 2. The van der Waals surface area contributed by atoms with Crippen molar-refractivity contribution in [2.45, 2.75) is 238 Å². The van der Waals surface area contributed by atoms with Gasteiger partial charge in [0.15, 0.2) is 0 Å². The van der Waals surface area contributed by atoms with Crippen molar-refractivity contribution < 1.29 is 96.6 Å². The van der Waals surface area contributed by atoms with Gasteiger partial charge >= 0.3 is 17.9 Å². The molecule has 109 heavy (non-hydrogen) atoms. The van der Waals surface area contributed by atoms with Crippen LogP contribution in [0.15, 0.2) is 25.0 Å². The summed E-state index contributed by atoms with van der Waals surface area (Å²) in [5, 5.41) is 49.6. The molecule has 0 radical (unpaired) electrons. The first-order chi connectivity index (χ1) is 51.1. The summed E-state index contributed by atoms with van der Waals surface area (Å²) in [7, 11) is 0. The lowest BCUT2D eigenvalue weighted by Gasteiger charge is -2.32. The maximum Gasteiger partial charge on any atom is 0.326 e. The maximum atomic E-state index is 14.6. The zero-order chi connectivity index (χ0) is 82.4. The number of unbranched alkanes of at least 4 members (excludes halogenated alkanes) is 1. The van der Waals surface area contributed by atoms with Crippen LogP contribution in [0.3, 0.4) is 0 Å². The lowest BCUT2D eigenvalue weighted by molar-refractivity contribution is -0.154. The molecule has 0 spiro atoms. The second kappa shape index (κ2) is 48.2. The molecule has 0 fully saturated rings. The highest BCUT2D eigenvalue weighted by Gasteiger charge is 2.40. The van der Waals surface area contributed by atoms with E-state index in [0.29, 0.717) is 18.5 Å². The van der Waals surface area contributed by atoms with Gasteiger partial charge in [0.25, 0.3) is 0 Å². The maximum absolute atomic E-state index is 14.6. The lowest BCUT2D eigenvalue weighted by Crippen LogP contribution is -2.63. The number of primary amides is 2. The molecule has 0 saturated heterocycles. The number of H-pyrrole nitrogens is 2. The Labute approximate surface area is 636 Å². The summed E-state index contributed by atoms with van der Waals surface area (Å²) >= 11 is 1.27. The van der Waals surface area contributed by atoms with Crippen molar-refractivity contribution in [1.82, 2.24) is 89.2 Å². The molecule has 2 heterocycles. The highest BCUT2D eigenvalue weighted by molar-refractivity contribution is 7.98. The minimum absolute atomic E-state index is 0.0380. The van der Waals surface area contributed by atoms with Gasteiger partial charge in [-0.3, -0.25) is 76.7 Å². The Bertz CT molecular complexity index is 3390. The van der Waals surface area contributed by atoms with Crippen LogP contribution in [0.5, 0.6) is 0 Å². The van der Waals surface area contributed by atoms with Gasteiger partial charge in [0.1, 0.15) is 72.0 Å². The molecule has 0 bridgehead atoms. The Morgan fingerprint density at radius 1 is 0.532 bits per heavy atom. The number of aliphatic carboxylic acids is 2. The standard InChI is InChI=1S/C68H112N20O20S/c1-13-37(8)55(86-60(99)43(18-20-53(93)94)85-67(107)68(10,11)87-65(104)54(36(6)7)88-108-38(9)89)64(103)79-42(17-19-50(70)90)58(97)81-46(25-35(4)5)61(100)78-44(21-23-109-12)59(98)82-47(26-39-29-72-32-75-39)62(101)83-48(28-51(71)91)63(102)80-45(24-34(2)3)56(95)74-31-52(92)77-41(16-14-15-22-69)57(96)84-49(66(105)106)27-40-30-73-33-76-40/h29-30,32-37,41-49,54-55,88H,13-28,31,69H2,1-12H3,(H2,70,90)(H2,71,91)(H,72,75)(H,73,76)(H,74,95)(H,77,92)(H,78,100)(H,79,103)(H,80,102)(H,81,97)(H,82,98)(H,83,101)(H,84,96)(H,85,107)(H,86,99)(H,87,104)(H,93,94)(H,105,106)/t37-,41-,42-,43-,44-,45-,46-,47-,48-,49-,54-,55-/m0/s1. The molecule has 40 nitrogen and oxygen atoms in total. The third-order valence-electron chi connectivity index (χ3n) is 16.8. The summed E-state index contributed by atoms with van der Waals surface area (Å²) in [4.78, 5) is 248. The van der Waals surface area contributed by atoms with Gasteiger partial charge in [-0.15, -0.1) is 5.48 Å². The van der Waals surface area contributed by atoms with Gasteiger partial charge in [0, 0.05) is 56.4 Å². The molecule has 14 amide bonds. The average Bonchev–Trinajstić information content (AvgIpc) is 1.35. The monoisotopic (exact) mass is 1560 g/mol. The van der Waals surface area contributed by atoms with Crippen LogP contribution < -0.4 is 86.5 Å². The van der Waals surface area contributed by atoms with Crippen LogP contribution in [-0.4, -0.2) is 228 Å². The molecule has 41 heteroatoms. The molecule has 0 saturated carbocycles. The molecule has 0 aliphatic carbocycles. The molecule has 0 aromatic carbocycles. The number of rotatable bonds is 53. The quantitative estimate of drug-likeness (QED) is 0.0222. The number of aromatic amines is 2. The molecular formula is C68H112N20O20S. The zero-order valence-electron chi connectivity index (χ0n) is 63.8. The molecule has 0 aliphatic heterocycles. The Kier molecular flexibility index (Phi) is 41.9. The highest BCUT2D eigenvalue weighted by atomic mass is 32.2. The number of thioether (sulfide) groups is 1. The van der Waals surface area contributed by atoms with E-state index in [4.69, 9.17) is 22.0 Å². The second-order valence-electron chi connectivity index (χ2n) is 28.0. The number of nitrogens with one attached hydrogen (secondary N) is 15. The van der Waals surface area contributed by atoms with E-state index in [9.17, 15) is 91.7 Å². The van der Waals surface area contributed by atoms with Gasteiger partial charge in [-0.25, -0.2) is 14.8 Å². The van der Waals surface area contributed by atoms with E-state index in [1.54, 1.807) is 61.6 Å². The summed E-state index contributed by atoms with van der Waals surface area (Å²) in [5.74, 6) is -18.6. The van der Waals surface area contributed by atoms with Crippen molar-refractivity contribution in [2.75, 3.05) is 25.1 Å². The number of aromatic nitrogens is 4. The first kappa shape index (κ1) is 94.8. The fourth-order valence-electron chi connectivity index (χ4n) is 10.6. The zero-order valence-corrected chi connectivity index (χ0v) is 64.6. The molecule has 2 aromatic rings. The van der Waals surface area contributed by atoms with E-state index in [0.717, 1.165) is 6.92 Å². The molecule has 23 N–H and O–H groups in total. The predicted molar refractivity (Wildman–Crippen MR) is 394 cm³/mol. The van der Waals surface area contributed by atoms with E-state index in [2.05, 4.69) is 89.2 Å². The molecule has 2 aromatic heterocycles. The Morgan fingerprint density at radius 2 is 0.991 bits per heavy atom. The van der Waals surface area contributed by atoms with Gasteiger partial charge in [-0.1, -0.05) is 61.8 Å².